The van der Waals surface area contributed by atoms with Gasteiger partial charge in [-0.05, 0) is 87.0 Å². The number of ether oxygens (including phenoxy) is 1. The van der Waals surface area contributed by atoms with Crippen LogP contribution >= 0.6 is 0 Å². The fraction of sp³-hybridized carbons (Fsp3) is 0.414. The summed E-state index contributed by atoms with van der Waals surface area (Å²) in [6, 6.07) is 14.1. The van der Waals surface area contributed by atoms with Gasteiger partial charge in [0.2, 0.25) is 0 Å². The Bertz CT molecular complexity index is 1290. The summed E-state index contributed by atoms with van der Waals surface area (Å²) in [6.45, 7) is 2.31. The van der Waals surface area contributed by atoms with Crippen LogP contribution in [0.3, 0.4) is 0 Å². The molecular formula is C29H31N3O4. The van der Waals surface area contributed by atoms with Crippen LogP contribution in [0.1, 0.15) is 70.6 Å². The van der Waals surface area contributed by atoms with Crippen molar-refractivity contribution in [1.29, 1.82) is 0 Å². The highest BCUT2D eigenvalue weighted by Crippen LogP contribution is 2.57. The molecule has 36 heavy (non-hydrogen) atoms. The SMILES string of the molecule is Cc1ccccc1-c1nc(C(=O)Nc2cccc(C(=O)O)c2)c(COC23CC4CC(CC(C4)C2)C3)[nH]1. The van der Waals surface area contributed by atoms with Gasteiger partial charge in [0.25, 0.3) is 5.91 Å². The number of carboxylic acid groups (broad SMARTS) is 1. The molecule has 0 saturated heterocycles. The van der Waals surface area contributed by atoms with E-state index in [1.54, 1.807) is 12.1 Å². The highest BCUT2D eigenvalue weighted by Gasteiger charge is 2.51. The van der Waals surface area contributed by atoms with Crippen molar-refractivity contribution in [2.24, 2.45) is 17.8 Å². The van der Waals surface area contributed by atoms with E-state index in [-0.39, 0.29) is 16.9 Å². The molecule has 4 aliphatic carbocycles. The van der Waals surface area contributed by atoms with Crippen molar-refractivity contribution in [3.63, 3.8) is 0 Å². The molecule has 1 amide bonds. The summed E-state index contributed by atoms with van der Waals surface area (Å²) in [7, 11) is 0. The van der Waals surface area contributed by atoms with Crippen LogP contribution in [0.4, 0.5) is 5.69 Å². The fourth-order valence-electron chi connectivity index (χ4n) is 7.02. The Morgan fingerprint density at radius 2 is 1.75 bits per heavy atom. The van der Waals surface area contributed by atoms with Crippen LogP contribution < -0.4 is 5.32 Å². The molecule has 7 rings (SSSR count). The van der Waals surface area contributed by atoms with Gasteiger partial charge in [0.1, 0.15) is 5.82 Å². The molecule has 0 unspecified atom stereocenters. The average Bonchev–Trinajstić information content (AvgIpc) is 3.27. The van der Waals surface area contributed by atoms with Gasteiger partial charge in [0.15, 0.2) is 5.69 Å². The number of amides is 1. The zero-order chi connectivity index (χ0) is 24.9. The van der Waals surface area contributed by atoms with Crippen molar-refractivity contribution in [3.8, 4) is 11.4 Å². The van der Waals surface area contributed by atoms with Crippen molar-refractivity contribution < 1.29 is 19.4 Å². The van der Waals surface area contributed by atoms with Crippen molar-refractivity contribution >= 4 is 17.6 Å². The van der Waals surface area contributed by atoms with Crippen molar-refractivity contribution in [2.45, 2.75) is 57.7 Å². The van der Waals surface area contributed by atoms with Crippen LogP contribution in [0, 0.1) is 24.7 Å². The number of imidazole rings is 1. The number of carbonyl (C=O) groups is 2. The lowest BCUT2D eigenvalue weighted by Gasteiger charge is -2.56. The zero-order valence-corrected chi connectivity index (χ0v) is 20.4. The summed E-state index contributed by atoms with van der Waals surface area (Å²) < 4.78 is 6.67. The Morgan fingerprint density at radius 3 is 2.42 bits per heavy atom. The molecule has 0 spiro atoms. The Kier molecular flexibility index (Phi) is 5.67. The maximum atomic E-state index is 13.4. The summed E-state index contributed by atoms with van der Waals surface area (Å²) >= 11 is 0. The lowest BCUT2D eigenvalue weighted by atomic mass is 9.54. The third-order valence-electron chi connectivity index (χ3n) is 8.27. The number of hydrogen-bond donors (Lipinski definition) is 3. The fourth-order valence-corrected chi connectivity index (χ4v) is 7.02. The van der Waals surface area contributed by atoms with Crippen LogP contribution in [0.15, 0.2) is 48.5 Å². The number of carbonyl (C=O) groups excluding carboxylic acids is 1. The van der Waals surface area contributed by atoms with Gasteiger partial charge in [-0.15, -0.1) is 0 Å². The maximum Gasteiger partial charge on any atom is 0.335 e. The first-order valence-electron chi connectivity index (χ1n) is 12.8. The van der Waals surface area contributed by atoms with E-state index in [1.807, 2.05) is 31.2 Å². The number of hydrogen-bond acceptors (Lipinski definition) is 4. The average molecular weight is 486 g/mol. The molecule has 1 aromatic heterocycles. The van der Waals surface area contributed by atoms with E-state index < -0.39 is 11.9 Å². The number of aromatic amines is 1. The molecule has 0 aliphatic heterocycles. The minimum absolute atomic E-state index is 0.0910. The minimum atomic E-state index is -1.04. The topological polar surface area (TPSA) is 104 Å². The molecule has 3 N–H and O–H groups in total. The molecule has 3 aromatic rings. The quantitative estimate of drug-likeness (QED) is 0.391. The number of H-pyrrole nitrogens is 1. The first-order chi connectivity index (χ1) is 17.4. The van der Waals surface area contributed by atoms with Crippen LogP contribution in [0.5, 0.6) is 0 Å². The van der Waals surface area contributed by atoms with Crippen LogP contribution in [-0.2, 0) is 11.3 Å². The summed E-state index contributed by atoms with van der Waals surface area (Å²) in [5, 5.41) is 12.1. The monoisotopic (exact) mass is 485 g/mol. The van der Waals surface area contributed by atoms with E-state index >= 15 is 0 Å². The highest BCUT2D eigenvalue weighted by atomic mass is 16.5. The molecule has 0 atom stereocenters. The molecule has 4 saturated carbocycles. The second-order valence-electron chi connectivity index (χ2n) is 11.0. The first kappa shape index (κ1) is 23.0. The standard InChI is InChI=1S/C29H31N3O4/c1-17-5-2-3-8-23(17)26-31-24(16-36-29-13-18-9-19(14-29)11-20(10-18)15-29)25(32-26)27(33)30-22-7-4-6-21(12-22)28(34)35/h2-8,12,18-20H,9-11,13-16H2,1H3,(H,30,33)(H,31,32)(H,34,35). The molecule has 4 fully saturated rings. The van der Waals surface area contributed by atoms with Crippen LogP contribution in [-0.4, -0.2) is 32.6 Å². The van der Waals surface area contributed by atoms with Gasteiger partial charge >= 0.3 is 5.97 Å². The maximum absolute atomic E-state index is 13.4. The number of nitrogens with zero attached hydrogens (tertiary/aromatic N) is 1. The second-order valence-corrected chi connectivity index (χ2v) is 11.0. The molecule has 186 valence electrons. The molecular weight excluding hydrogens is 454 g/mol. The molecule has 2 aromatic carbocycles. The lowest BCUT2D eigenvalue weighted by Crippen LogP contribution is -2.51. The number of benzene rings is 2. The zero-order valence-electron chi connectivity index (χ0n) is 20.4. The number of aromatic carboxylic acids is 1. The summed E-state index contributed by atoms with van der Waals surface area (Å²) in [5.74, 6) is 1.50. The number of rotatable bonds is 7. The Hall–Kier alpha value is -3.45. The number of anilines is 1. The van der Waals surface area contributed by atoms with E-state index in [0.29, 0.717) is 23.8 Å². The van der Waals surface area contributed by atoms with E-state index in [4.69, 9.17) is 9.72 Å². The summed E-state index contributed by atoms with van der Waals surface area (Å²) in [6.07, 6.45) is 7.36. The molecule has 7 heteroatoms. The van der Waals surface area contributed by atoms with Gasteiger partial charge in [-0.25, -0.2) is 9.78 Å². The smallest absolute Gasteiger partial charge is 0.335 e. The number of carboxylic acids is 1. The van der Waals surface area contributed by atoms with Gasteiger partial charge in [0, 0.05) is 11.3 Å². The van der Waals surface area contributed by atoms with E-state index in [1.165, 1.54) is 31.4 Å². The third kappa shape index (κ3) is 4.32. The van der Waals surface area contributed by atoms with Gasteiger partial charge in [-0.3, -0.25) is 4.79 Å². The Balaban J connectivity index is 1.29. The number of aryl methyl sites for hydroxylation is 1. The Morgan fingerprint density at radius 1 is 1.06 bits per heavy atom. The highest BCUT2D eigenvalue weighted by molar-refractivity contribution is 6.04. The van der Waals surface area contributed by atoms with Gasteiger partial charge in [0.05, 0.1) is 23.5 Å². The van der Waals surface area contributed by atoms with E-state index in [2.05, 4.69) is 10.3 Å². The Labute approximate surface area is 210 Å². The molecule has 7 nitrogen and oxygen atoms in total. The third-order valence-corrected chi connectivity index (χ3v) is 8.27. The lowest BCUT2D eigenvalue weighted by molar-refractivity contribution is -0.169. The largest absolute Gasteiger partial charge is 0.478 e. The van der Waals surface area contributed by atoms with Gasteiger partial charge in [-0.1, -0.05) is 30.3 Å². The minimum Gasteiger partial charge on any atom is -0.478 e. The van der Waals surface area contributed by atoms with Crippen LogP contribution in [0.2, 0.25) is 0 Å². The predicted octanol–water partition coefficient (Wildman–Crippen LogP) is 5.82. The molecule has 4 aliphatic rings. The molecule has 4 bridgehead atoms. The van der Waals surface area contributed by atoms with Crippen molar-refractivity contribution in [1.82, 2.24) is 9.97 Å². The van der Waals surface area contributed by atoms with E-state index in [9.17, 15) is 14.7 Å². The number of aromatic nitrogens is 2. The second kappa shape index (κ2) is 8.89. The normalized spacial score (nSPS) is 26.2. The summed E-state index contributed by atoms with van der Waals surface area (Å²) in [5.41, 5.74) is 3.34. The molecule has 1 heterocycles. The van der Waals surface area contributed by atoms with Crippen molar-refractivity contribution in [3.05, 3.63) is 71.0 Å². The van der Waals surface area contributed by atoms with Crippen molar-refractivity contribution in [2.75, 3.05) is 5.32 Å². The van der Waals surface area contributed by atoms with Crippen LogP contribution in [0.25, 0.3) is 11.4 Å². The molecule has 0 radical (unpaired) electrons. The predicted molar refractivity (Wildman–Crippen MR) is 136 cm³/mol. The summed E-state index contributed by atoms with van der Waals surface area (Å²) in [4.78, 5) is 32.8. The number of nitrogens with one attached hydrogen (secondary N) is 2. The van der Waals surface area contributed by atoms with Gasteiger partial charge < -0.3 is 20.1 Å². The van der Waals surface area contributed by atoms with E-state index in [0.717, 1.165) is 48.1 Å². The first-order valence-corrected chi connectivity index (χ1v) is 12.8. The van der Waals surface area contributed by atoms with Gasteiger partial charge in [-0.2, -0.15) is 0 Å².